The summed E-state index contributed by atoms with van der Waals surface area (Å²) >= 11 is 1.32. The van der Waals surface area contributed by atoms with Gasteiger partial charge in [-0.3, -0.25) is 4.79 Å². The van der Waals surface area contributed by atoms with Crippen molar-refractivity contribution < 1.29 is 14.3 Å². The zero-order chi connectivity index (χ0) is 18.4. The third-order valence-electron chi connectivity index (χ3n) is 4.69. The summed E-state index contributed by atoms with van der Waals surface area (Å²) in [7, 11) is 3.31. The van der Waals surface area contributed by atoms with Crippen LogP contribution in [0.15, 0.2) is 36.5 Å². The van der Waals surface area contributed by atoms with Crippen molar-refractivity contribution in [3.63, 3.8) is 0 Å². The van der Waals surface area contributed by atoms with Gasteiger partial charge in [-0.05, 0) is 30.7 Å². The second-order valence-electron chi connectivity index (χ2n) is 6.17. The van der Waals surface area contributed by atoms with Crippen LogP contribution in [0.3, 0.4) is 0 Å². The minimum Gasteiger partial charge on any atom is -0.465 e. The van der Waals surface area contributed by atoms with Crippen LogP contribution in [0.1, 0.15) is 37.3 Å². The highest BCUT2D eigenvalue weighted by molar-refractivity contribution is 7.20. The van der Waals surface area contributed by atoms with E-state index < -0.39 is 0 Å². The van der Waals surface area contributed by atoms with E-state index in [-0.39, 0.29) is 18.0 Å². The topological polar surface area (TPSA) is 71.5 Å². The van der Waals surface area contributed by atoms with E-state index in [0.717, 1.165) is 27.0 Å². The van der Waals surface area contributed by atoms with Crippen LogP contribution in [0, 0.1) is 6.92 Å². The number of methoxy groups -OCH3 is 1. The molecule has 6 nitrogen and oxygen atoms in total. The first-order valence-electron chi connectivity index (χ1n) is 8.11. The number of carbonyl (C=O) groups is 2. The molecule has 0 saturated carbocycles. The number of esters is 1. The number of para-hydroxylation sites is 1. The summed E-state index contributed by atoms with van der Waals surface area (Å²) in [5, 5.41) is 3.92. The van der Waals surface area contributed by atoms with Crippen LogP contribution < -0.4 is 10.2 Å². The van der Waals surface area contributed by atoms with Crippen LogP contribution in [0.4, 0.5) is 5.69 Å². The number of thiophene rings is 1. The number of rotatable bonds is 2. The summed E-state index contributed by atoms with van der Waals surface area (Å²) in [6, 6.07) is 9.49. The Balaban J connectivity index is 1.79. The molecule has 0 bridgehead atoms. The fraction of sp³-hybridized carbons (Fsp3) is 0.211. The van der Waals surface area contributed by atoms with Gasteiger partial charge in [0.2, 0.25) is 0 Å². The molecule has 0 aliphatic carbocycles. The molecular weight excluding hydrogens is 350 g/mol. The molecule has 132 valence electrons. The number of nitrogens with zero attached hydrogens (tertiary/aromatic N) is 2. The lowest BCUT2D eigenvalue weighted by molar-refractivity contribution is 0.0605. The molecule has 1 N–H and O–H groups in total. The number of amides is 1. The van der Waals surface area contributed by atoms with Crippen LogP contribution in [0.25, 0.3) is 10.2 Å². The van der Waals surface area contributed by atoms with E-state index in [9.17, 15) is 9.59 Å². The van der Waals surface area contributed by atoms with Crippen LogP contribution in [0.5, 0.6) is 0 Å². The molecule has 3 heterocycles. The number of fused-ring (bicyclic) bond motifs is 2. The average Bonchev–Trinajstić information content (AvgIpc) is 3.00. The van der Waals surface area contributed by atoms with E-state index in [4.69, 9.17) is 4.74 Å². The highest BCUT2D eigenvalue weighted by Gasteiger charge is 2.30. The number of ether oxygens (including phenoxy) is 1. The summed E-state index contributed by atoms with van der Waals surface area (Å²) < 4.78 is 4.84. The fourth-order valence-electron chi connectivity index (χ4n) is 3.27. The van der Waals surface area contributed by atoms with Crippen molar-refractivity contribution in [3.8, 4) is 0 Å². The Morgan fingerprint density at radius 1 is 1.35 bits per heavy atom. The SMILES string of the molecule is COC(=O)c1sc2ncc(C3NC(=O)c4ccccc4N3C)cc2c1C. The largest absolute Gasteiger partial charge is 0.465 e. The molecule has 0 fully saturated rings. The van der Waals surface area contributed by atoms with Gasteiger partial charge in [0.15, 0.2) is 0 Å². The lowest BCUT2D eigenvalue weighted by Gasteiger charge is -2.36. The molecule has 3 aromatic rings. The quantitative estimate of drug-likeness (QED) is 0.704. The maximum atomic E-state index is 12.5. The van der Waals surface area contributed by atoms with Crippen LogP contribution in [0.2, 0.25) is 0 Å². The van der Waals surface area contributed by atoms with Crippen LogP contribution in [-0.4, -0.2) is 31.0 Å². The zero-order valence-corrected chi connectivity index (χ0v) is 15.4. The molecule has 2 aromatic heterocycles. The van der Waals surface area contributed by atoms with Gasteiger partial charge < -0.3 is 15.0 Å². The second-order valence-corrected chi connectivity index (χ2v) is 7.17. The van der Waals surface area contributed by atoms with Crippen molar-refractivity contribution in [1.29, 1.82) is 0 Å². The maximum absolute atomic E-state index is 12.5. The number of hydrogen-bond donors (Lipinski definition) is 1. The monoisotopic (exact) mass is 367 g/mol. The minimum absolute atomic E-state index is 0.110. The van der Waals surface area contributed by atoms with E-state index in [1.807, 2.05) is 49.2 Å². The van der Waals surface area contributed by atoms with E-state index >= 15 is 0 Å². The molecule has 4 rings (SSSR count). The van der Waals surface area contributed by atoms with Crippen molar-refractivity contribution in [2.75, 3.05) is 19.1 Å². The van der Waals surface area contributed by atoms with E-state index in [1.54, 1.807) is 6.20 Å². The number of carbonyl (C=O) groups excluding carboxylic acids is 2. The van der Waals surface area contributed by atoms with Crippen LogP contribution >= 0.6 is 11.3 Å². The number of benzene rings is 1. The normalized spacial score (nSPS) is 16.3. The lowest BCUT2D eigenvalue weighted by atomic mass is 10.0. The molecule has 7 heteroatoms. The van der Waals surface area contributed by atoms with Gasteiger partial charge in [0, 0.05) is 24.2 Å². The van der Waals surface area contributed by atoms with Crippen molar-refractivity contribution in [3.05, 3.63) is 58.1 Å². The molecule has 1 aromatic carbocycles. The molecule has 1 aliphatic heterocycles. The highest BCUT2D eigenvalue weighted by Crippen LogP contribution is 2.35. The number of hydrogen-bond acceptors (Lipinski definition) is 6. The Bertz CT molecular complexity index is 1040. The molecule has 1 aliphatic rings. The van der Waals surface area contributed by atoms with Gasteiger partial charge in [-0.15, -0.1) is 11.3 Å². The van der Waals surface area contributed by atoms with Crippen molar-refractivity contribution >= 4 is 39.1 Å². The fourth-order valence-corrected chi connectivity index (χ4v) is 4.32. The highest BCUT2D eigenvalue weighted by atomic mass is 32.1. The smallest absolute Gasteiger partial charge is 0.348 e. The first-order chi connectivity index (χ1) is 12.5. The first-order valence-corrected chi connectivity index (χ1v) is 8.93. The summed E-state index contributed by atoms with van der Waals surface area (Å²) in [5.74, 6) is -0.467. The summed E-state index contributed by atoms with van der Waals surface area (Å²) in [5.41, 5.74) is 3.23. The molecular formula is C19H17N3O3S. The average molecular weight is 367 g/mol. The molecule has 0 spiro atoms. The number of nitrogens with one attached hydrogen (secondary N) is 1. The maximum Gasteiger partial charge on any atom is 0.348 e. The summed E-state index contributed by atoms with van der Waals surface area (Å²) in [6.45, 7) is 1.88. The Labute approximate surface area is 154 Å². The molecule has 0 radical (unpaired) electrons. The van der Waals surface area contributed by atoms with E-state index in [2.05, 4.69) is 10.3 Å². The predicted octanol–water partition coefficient (Wildman–Crippen LogP) is 3.27. The Morgan fingerprint density at radius 2 is 2.12 bits per heavy atom. The van der Waals surface area contributed by atoms with E-state index in [0.29, 0.717) is 10.4 Å². The van der Waals surface area contributed by atoms with Gasteiger partial charge >= 0.3 is 5.97 Å². The molecule has 26 heavy (non-hydrogen) atoms. The van der Waals surface area contributed by atoms with Crippen molar-refractivity contribution in [1.82, 2.24) is 10.3 Å². The first kappa shape index (κ1) is 16.5. The third-order valence-corrected chi connectivity index (χ3v) is 5.88. The van der Waals surface area contributed by atoms with Gasteiger partial charge in [0.05, 0.1) is 18.4 Å². The van der Waals surface area contributed by atoms with Crippen molar-refractivity contribution in [2.45, 2.75) is 13.1 Å². The number of aryl methyl sites for hydroxylation is 1. The molecule has 0 saturated heterocycles. The van der Waals surface area contributed by atoms with Gasteiger partial charge in [0.25, 0.3) is 5.91 Å². The summed E-state index contributed by atoms with van der Waals surface area (Å²) in [6.07, 6.45) is 1.42. The zero-order valence-electron chi connectivity index (χ0n) is 14.6. The van der Waals surface area contributed by atoms with Gasteiger partial charge in [-0.1, -0.05) is 12.1 Å². The molecule has 1 atom stereocenters. The number of pyridine rings is 1. The standard InChI is InChI=1S/C19H17N3O3S/c1-10-13-8-11(9-20-18(13)26-15(10)19(24)25-3)16-21-17(23)12-6-4-5-7-14(12)22(16)2/h4-9,16H,1-3H3,(H,21,23). The minimum atomic E-state index is -0.357. The van der Waals surface area contributed by atoms with Gasteiger partial charge in [0.1, 0.15) is 15.9 Å². The Morgan fingerprint density at radius 3 is 2.88 bits per heavy atom. The van der Waals surface area contributed by atoms with E-state index in [1.165, 1.54) is 18.4 Å². The lowest BCUT2D eigenvalue weighted by Crippen LogP contribution is -2.44. The van der Waals surface area contributed by atoms with Crippen LogP contribution in [-0.2, 0) is 4.74 Å². The van der Waals surface area contributed by atoms with Crippen molar-refractivity contribution in [2.24, 2.45) is 0 Å². The predicted molar refractivity (Wildman–Crippen MR) is 101 cm³/mol. The molecule has 1 unspecified atom stereocenters. The molecule has 1 amide bonds. The third kappa shape index (κ3) is 2.43. The number of aromatic nitrogens is 1. The van der Waals surface area contributed by atoms with Gasteiger partial charge in [-0.2, -0.15) is 0 Å². The second kappa shape index (κ2) is 6.10. The Kier molecular flexibility index (Phi) is 3.88. The summed E-state index contributed by atoms with van der Waals surface area (Å²) in [4.78, 5) is 32.2. The van der Waals surface area contributed by atoms with Gasteiger partial charge in [-0.25, -0.2) is 9.78 Å². The number of anilines is 1. The Hall–Kier alpha value is -2.93.